The molecule has 2 aromatic carbocycles. The normalized spacial score (nSPS) is 11.1. The molecule has 0 saturated heterocycles. The molecule has 0 atom stereocenters. The first-order chi connectivity index (χ1) is 11.3. The van der Waals surface area contributed by atoms with Crippen LogP contribution in [0.15, 0.2) is 48.5 Å². The van der Waals surface area contributed by atoms with Gasteiger partial charge in [0.1, 0.15) is 18.2 Å². The number of nitrogens with zero attached hydrogens (tertiary/aromatic N) is 1. The topological polar surface area (TPSA) is 66.5 Å². The number of carbonyl (C=O) groups excluding carboxylic acids is 1. The molecular formula is C16H16F2N2O3S. The summed E-state index contributed by atoms with van der Waals surface area (Å²) < 4.78 is 51.3. The van der Waals surface area contributed by atoms with E-state index in [1.165, 1.54) is 36.4 Å². The van der Waals surface area contributed by atoms with E-state index in [0.717, 1.165) is 16.6 Å². The first-order valence-electron chi connectivity index (χ1n) is 7.01. The van der Waals surface area contributed by atoms with Crippen LogP contribution in [-0.4, -0.2) is 27.1 Å². The molecular weight excluding hydrogens is 338 g/mol. The zero-order valence-electron chi connectivity index (χ0n) is 12.9. The Bertz CT molecular complexity index is 841. The van der Waals surface area contributed by atoms with Crippen LogP contribution >= 0.6 is 0 Å². The van der Waals surface area contributed by atoms with Gasteiger partial charge in [-0.15, -0.1) is 0 Å². The fourth-order valence-electron chi connectivity index (χ4n) is 2.05. The highest BCUT2D eigenvalue weighted by atomic mass is 32.2. The highest BCUT2D eigenvalue weighted by molar-refractivity contribution is 7.92. The first-order valence-corrected chi connectivity index (χ1v) is 8.85. The Kier molecular flexibility index (Phi) is 5.50. The number of rotatable bonds is 6. The summed E-state index contributed by atoms with van der Waals surface area (Å²) in [4.78, 5) is 12.0. The van der Waals surface area contributed by atoms with Crippen molar-refractivity contribution in [2.45, 2.75) is 6.54 Å². The monoisotopic (exact) mass is 354 g/mol. The van der Waals surface area contributed by atoms with Crippen molar-refractivity contribution in [1.29, 1.82) is 0 Å². The largest absolute Gasteiger partial charge is 0.350 e. The van der Waals surface area contributed by atoms with Crippen molar-refractivity contribution in [3.63, 3.8) is 0 Å². The first kappa shape index (κ1) is 17.9. The molecule has 5 nitrogen and oxygen atoms in total. The van der Waals surface area contributed by atoms with Gasteiger partial charge in [0.2, 0.25) is 15.9 Å². The second-order valence-corrected chi connectivity index (χ2v) is 7.02. The van der Waals surface area contributed by atoms with E-state index in [1.54, 1.807) is 6.07 Å². The average molecular weight is 354 g/mol. The molecule has 0 heterocycles. The zero-order chi connectivity index (χ0) is 17.7. The molecule has 2 rings (SSSR count). The number of amides is 1. The van der Waals surface area contributed by atoms with Gasteiger partial charge in [-0.2, -0.15) is 0 Å². The Morgan fingerprint density at radius 3 is 2.46 bits per heavy atom. The van der Waals surface area contributed by atoms with Crippen LogP contribution in [0.3, 0.4) is 0 Å². The van der Waals surface area contributed by atoms with Crippen molar-refractivity contribution in [3.05, 3.63) is 65.7 Å². The van der Waals surface area contributed by atoms with Crippen LogP contribution in [0.4, 0.5) is 14.5 Å². The standard InChI is InChI=1S/C16H16F2N2O3S/c1-24(22,23)20(14-7-4-6-13(17)9-14)11-16(21)19-10-12-5-2-3-8-15(12)18/h2-9H,10-11H2,1H3,(H,19,21). The summed E-state index contributed by atoms with van der Waals surface area (Å²) in [5, 5.41) is 2.45. The number of carbonyl (C=O) groups is 1. The quantitative estimate of drug-likeness (QED) is 0.863. The molecule has 128 valence electrons. The summed E-state index contributed by atoms with van der Waals surface area (Å²) in [6, 6.07) is 10.8. The summed E-state index contributed by atoms with van der Waals surface area (Å²) in [7, 11) is -3.79. The zero-order valence-corrected chi connectivity index (χ0v) is 13.7. The SMILES string of the molecule is CS(=O)(=O)N(CC(=O)NCc1ccccc1F)c1cccc(F)c1. The maximum Gasteiger partial charge on any atom is 0.241 e. The van der Waals surface area contributed by atoms with Crippen LogP contribution in [0, 0.1) is 11.6 Å². The van der Waals surface area contributed by atoms with E-state index in [2.05, 4.69) is 5.32 Å². The third kappa shape index (κ3) is 4.76. The van der Waals surface area contributed by atoms with Crippen molar-refractivity contribution in [2.24, 2.45) is 0 Å². The van der Waals surface area contributed by atoms with Gasteiger partial charge in [0, 0.05) is 12.1 Å². The predicted octanol–water partition coefficient (Wildman–Crippen LogP) is 2.05. The van der Waals surface area contributed by atoms with E-state index < -0.39 is 34.1 Å². The Morgan fingerprint density at radius 2 is 1.83 bits per heavy atom. The molecule has 0 aliphatic rings. The predicted molar refractivity (Wildman–Crippen MR) is 86.8 cm³/mol. The average Bonchev–Trinajstić information content (AvgIpc) is 2.50. The van der Waals surface area contributed by atoms with Gasteiger partial charge in [0.05, 0.1) is 11.9 Å². The van der Waals surface area contributed by atoms with Crippen molar-refractivity contribution >= 4 is 21.6 Å². The molecule has 0 aliphatic heterocycles. The molecule has 8 heteroatoms. The summed E-state index contributed by atoms with van der Waals surface area (Å²) in [6.45, 7) is -0.608. The van der Waals surface area contributed by atoms with Gasteiger partial charge in [-0.3, -0.25) is 9.10 Å². The third-order valence-corrected chi connectivity index (χ3v) is 4.36. The molecule has 0 aromatic heterocycles. The van der Waals surface area contributed by atoms with Crippen LogP contribution in [0.2, 0.25) is 0 Å². The van der Waals surface area contributed by atoms with Crippen LogP contribution in [-0.2, 0) is 21.4 Å². The highest BCUT2D eigenvalue weighted by Gasteiger charge is 2.21. The minimum atomic E-state index is -3.79. The smallest absolute Gasteiger partial charge is 0.241 e. The minimum absolute atomic E-state index is 0.0403. The fraction of sp³-hybridized carbons (Fsp3) is 0.188. The van der Waals surface area contributed by atoms with Crippen LogP contribution in [0.5, 0.6) is 0 Å². The number of hydrogen-bond acceptors (Lipinski definition) is 3. The number of benzene rings is 2. The molecule has 0 saturated carbocycles. The van der Waals surface area contributed by atoms with Crippen molar-refractivity contribution in [3.8, 4) is 0 Å². The summed E-state index contributed by atoms with van der Waals surface area (Å²) in [6.07, 6.45) is 0.919. The van der Waals surface area contributed by atoms with E-state index in [0.29, 0.717) is 0 Å². The fourth-order valence-corrected chi connectivity index (χ4v) is 2.90. The number of halogens is 2. The van der Waals surface area contributed by atoms with Gasteiger partial charge in [-0.1, -0.05) is 24.3 Å². The molecule has 1 N–H and O–H groups in total. The van der Waals surface area contributed by atoms with Crippen molar-refractivity contribution < 1.29 is 22.0 Å². The van der Waals surface area contributed by atoms with E-state index >= 15 is 0 Å². The summed E-state index contributed by atoms with van der Waals surface area (Å²) in [5.41, 5.74) is 0.320. The molecule has 2 aromatic rings. The van der Waals surface area contributed by atoms with Gasteiger partial charge in [0.15, 0.2) is 0 Å². The Morgan fingerprint density at radius 1 is 1.12 bits per heavy atom. The van der Waals surface area contributed by atoms with E-state index in [-0.39, 0.29) is 17.8 Å². The maximum atomic E-state index is 13.5. The summed E-state index contributed by atoms with van der Waals surface area (Å²) >= 11 is 0. The highest BCUT2D eigenvalue weighted by Crippen LogP contribution is 2.18. The lowest BCUT2D eigenvalue weighted by atomic mass is 10.2. The van der Waals surface area contributed by atoms with Gasteiger partial charge in [-0.25, -0.2) is 17.2 Å². The van der Waals surface area contributed by atoms with Gasteiger partial charge >= 0.3 is 0 Å². The molecule has 0 aliphatic carbocycles. The minimum Gasteiger partial charge on any atom is -0.350 e. The van der Waals surface area contributed by atoms with Crippen molar-refractivity contribution in [2.75, 3.05) is 17.1 Å². The van der Waals surface area contributed by atoms with E-state index in [4.69, 9.17) is 0 Å². The Balaban J connectivity index is 2.10. The summed E-state index contributed by atoms with van der Waals surface area (Å²) in [5.74, 6) is -1.72. The third-order valence-electron chi connectivity index (χ3n) is 3.22. The molecule has 0 bridgehead atoms. The molecule has 0 unspecified atom stereocenters. The van der Waals surface area contributed by atoms with Crippen LogP contribution < -0.4 is 9.62 Å². The molecule has 0 radical (unpaired) electrons. The molecule has 1 amide bonds. The Hall–Kier alpha value is -2.48. The lowest BCUT2D eigenvalue weighted by Crippen LogP contribution is -2.40. The van der Waals surface area contributed by atoms with Crippen molar-refractivity contribution in [1.82, 2.24) is 5.32 Å². The molecule has 24 heavy (non-hydrogen) atoms. The lowest BCUT2D eigenvalue weighted by Gasteiger charge is -2.22. The second kappa shape index (κ2) is 7.39. The molecule has 0 fully saturated rings. The van der Waals surface area contributed by atoms with Gasteiger partial charge < -0.3 is 5.32 Å². The van der Waals surface area contributed by atoms with E-state index in [1.807, 2.05) is 0 Å². The van der Waals surface area contributed by atoms with Crippen LogP contribution in [0.1, 0.15) is 5.56 Å². The number of nitrogens with one attached hydrogen (secondary N) is 1. The molecule has 0 spiro atoms. The number of sulfonamides is 1. The number of anilines is 1. The van der Waals surface area contributed by atoms with Gasteiger partial charge in [-0.05, 0) is 24.3 Å². The van der Waals surface area contributed by atoms with Gasteiger partial charge in [0.25, 0.3) is 0 Å². The lowest BCUT2D eigenvalue weighted by molar-refractivity contribution is -0.119. The Labute approximate surface area is 139 Å². The van der Waals surface area contributed by atoms with E-state index in [9.17, 15) is 22.0 Å². The second-order valence-electron chi connectivity index (χ2n) is 5.12. The number of hydrogen-bond donors (Lipinski definition) is 1. The maximum absolute atomic E-state index is 13.5. The van der Waals surface area contributed by atoms with Crippen LogP contribution in [0.25, 0.3) is 0 Å².